The van der Waals surface area contributed by atoms with Crippen molar-refractivity contribution in [3.8, 4) is 5.75 Å². The van der Waals surface area contributed by atoms with Crippen LogP contribution in [0.2, 0.25) is 0 Å². The molecule has 3 aromatic rings. The van der Waals surface area contributed by atoms with E-state index in [1.165, 1.54) is 18.0 Å². The van der Waals surface area contributed by atoms with Gasteiger partial charge >= 0.3 is 0 Å². The van der Waals surface area contributed by atoms with Crippen LogP contribution in [-0.2, 0) is 6.42 Å². The Hall–Kier alpha value is -3.41. The number of aromatic nitrogens is 2. The maximum absolute atomic E-state index is 12.2. The van der Waals surface area contributed by atoms with Crippen molar-refractivity contribution in [2.24, 2.45) is 0 Å². The van der Waals surface area contributed by atoms with Crippen molar-refractivity contribution in [3.05, 3.63) is 78.1 Å². The molecule has 0 unspecified atom stereocenters. The second-order valence-corrected chi connectivity index (χ2v) is 6.22. The van der Waals surface area contributed by atoms with Gasteiger partial charge in [-0.25, -0.2) is 9.97 Å². The number of ether oxygens (including phenoxy) is 1. The smallest absolute Gasteiger partial charge is 0.254 e. The summed E-state index contributed by atoms with van der Waals surface area (Å²) in [6.07, 6.45) is 4.86. The number of hydrogen-bond donors (Lipinski definition) is 2. The van der Waals surface area contributed by atoms with Gasteiger partial charge in [0.05, 0.1) is 12.2 Å². The first-order valence-corrected chi connectivity index (χ1v) is 9.38. The zero-order valence-electron chi connectivity index (χ0n) is 15.9. The highest BCUT2D eigenvalue weighted by Gasteiger charge is 2.07. The van der Waals surface area contributed by atoms with Crippen molar-refractivity contribution in [1.82, 2.24) is 15.3 Å². The topological polar surface area (TPSA) is 76.1 Å². The molecule has 28 heavy (non-hydrogen) atoms. The number of carbonyl (C=O) groups is 1. The molecule has 6 nitrogen and oxygen atoms in total. The predicted octanol–water partition coefficient (Wildman–Crippen LogP) is 3.98. The van der Waals surface area contributed by atoms with Gasteiger partial charge in [0.15, 0.2) is 0 Å². The summed E-state index contributed by atoms with van der Waals surface area (Å²) in [5, 5.41) is 6.00. The van der Waals surface area contributed by atoms with Gasteiger partial charge in [-0.3, -0.25) is 4.79 Å². The van der Waals surface area contributed by atoms with Crippen LogP contribution >= 0.6 is 0 Å². The lowest BCUT2D eigenvalue weighted by molar-refractivity contribution is 0.0952. The summed E-state index contributed by atoms with van der Waals surface area (Å²) in [7, 11) is 0. The quantitative estimate of drug-likeness (QED) is 0.553. The molecule has 0 fully saturated rings. The van der Waals surface area contributed by atoms with Gasteiger partial charge in [0.25, 0.3) is 5.91 Å². The molecule has 0 aliphatic heterocycles. The maximum atomic E-state index is 12.2. The van der Waals surface area contributed by atoms with Crippen LogP contribution in [0.25, 0.3) is 0 Å². The SMILES string of the molecule is CCOc1ccc(Nc2ncc(C(=O)NCCCc3ccccc3)cn2)cc1. The number of anilines is 2. The van der Waals surface area contributed by atoms with E-state index in [4.69, 9.17) is 4.74 Å². The number of amides is 1. The van der Waals surface area contributed by atoms with Crippen molar-refractivity contribution in [3.63, 3.8) is 0 Å². The molecule has 6 heteroatoms. The molecular weight excluding hydrogens is 352 g/mol. The van der Waals surface area contributed by atoms with Crippen LogP contribution in [0.4, 0.5) is 11.6 Å². The highest BCUT2D eigenvalue weighted by molar-refractivity contribution is 5.93. The Balaban J connectivity index is 1.45. The van der Waals surface area contributed by atoms with Crippen molar-refractivity contribution in [2.75, 3.05) is 18.5 Å². The molecule has 2 N–H and O–H groups in total. The van der Waals surface area contributed by atoms with Gasteiger partial charge in [0, 0.05) is 24.6 Å². The predicted molar refractivity (Wildman–Crippen MR) is 110 cm³/mol. The standard InChI is InChI=1S/C22H24N4O2/c1-2-28-20-12-10-19(11-13-20)26-22-24-15-18(16-25-22)21(27)23-14-6-9-17-7-4-3-5-8-17/h3-5,7-8,10-13,15-16H,2,6,9,14H2,1H3,(H,23,27)(H,24,25,26). The van der Waals surface area contributed by atoms with E-state index in [9.17, 15) is 4.79 Å². The summed E-state index contributed by atoms with van der Waals surface area (Å²) in [4.78, 5) is 20.6. The van der Waals surface area contributed by atoms with E-state index in [0.717, 1.165) is 24.3 Å². The molecule has 2 aromatic carbocycles. The molecule has 0 atom stereocenters. The van der Waals surface area contributed by atoms with Crippen LogP contribution in [0.15, 0.2) is 67.0 Å². The summed E-state index contributed by atoms with van der Waals surface area (Å²) in [6, 6.07) is 17.8. The van der Waals surface area contributed by atoms with E-state index >= 15 is 0 Å². The molecule has 0 bridgehead atoms. The van der Waals surface area contributed by atoms with Crippen LogP contribution in [0, 0.1) is 0 Å². The zero-order chi connectivity index (χ0) is 19.6. The minimum absolute atomic E-state index is 0.166. The monoisotopic (exact) mass is 376 g/mol. The Morgan fingerprint density at radius 2 is 1.71 bits per heavy atom. The molecular formula is C22H24N4O2. The van der Waals surface area contributed by atoms with E-state index in [0.29, 0.717) is 24.7 Å². The Morgan fingerprint density at radius 3 is 2.39 bits per heavy atom. The minimum atomic E-state index is -0.166. The van der Waals surface area contributed by atoms with Gasteiger partial charge in [0.1, 0.15) is 5.75 Å². The first kappa shape index (κ1) is 19.4. The Kier molecular flexibility index (Phi) is 6.95. The van der Waals surface area contributed by atoms with E-state index in [2.05, 4.69) is 32.7 Å². The molecule has 1 aromatic heterocycles. The first-order chi connectivity index (χ1) is 13.7. The molecule has 0 saturated carbocycles. The van der Waals surface area contributed by atoms with Crippen LogP contribution < -0.4 is 15.4 Å². The Morgan fingerprint density at radius 1 is 1.00 bits per heavy atom. The molecule has 0 radical (unpaired) electrons. The minimum Gasteiger partial charge on any atom is -0.494 e. The molecule has 0 saturated heterocycles. The highest BCUT2D eigenvalue weighted by Crippen LogP contribution is 2.18. The summed E-state index contributed by atoms with van der Waals surface area (Å²) in [5.74, 6) is 1.08. The number of hydrogen-bond acceptors (Lipinski definition) is 5. The third-order valence-corrected chi connectivity index (χ3v) is 4.11. The summed E-state index contributed by atoms with van der Waals surface area (Å²) >= 11 is 0. The fourth-order valence-corrected chi connectivity index (χ4v) is 2.68. The number of carbonyl (C=O) groups excluding carboxylic acids is 1. The molecule has 1 amide bonds. The summed E-state index contributed by atoms with van der Waals surface area (Å²) in [5.41, 5.74) is 2.56. The van der Waals surface area contributed by atoms with Gasteiger partial charge in [-0.05, 0) is 49.6 Å². The second kappa shape index (κ2) is 10.1. The van der Waals surface area contributed by atoms with Crippen molar-refractivity contribution in [1.29, 1.82) is 0 Å². The largest absolute Gasteiger partial charge is 0.494 e. The average molecular weight is 376 g/mol. The summed E-state index contributed by atoms with van der Waals surface area (Å²) in [6.45, 7) is 3.19. The zero-order valence-corrected chi connectivity index (χ0v) is 15.9. The molecule has 3 rings (SSSR count). The number of aryl methyl sites for hydroxylation is 1. The number of nitrogens with zero attached hydrogens (tertiary/aromatic N) is 2. The van der Waals surface area contributed by atoms with E-state index < -0.39 is 0 Å². The molecule has 144 valence electrons. The third-order valence-electron chi connectivity index (χ3n) is 4.11. The van der Waals surface area contributed by atoms with Crippen molar-refractivity contribution < 1.29 is 9.53 Å². The van der Waals surface area contributed by atoms with Crippen molar-refractivity contribution >= 4 is 17.5 Å². The van der Waals surface area contributed by atoms with Gasteiger partial charge in [-0.2, -0.15) is 0 Å². The van der Waals surface area contributed by atoms with E-state index in [-0.39, 0.29) is 5.91 Å². The number of rotatable bonds is 9. The van der Waals surface area contributed by atoms with Crippen LogP contribution in [0.5, 0.6) is 5.75 Å². The third kappa shape index (κ3) is 5.81. The highest BCUT2D eigenvalue weighted by atomic mass is 16.5. The average Bonchev–Trinajstić information content (AvgIpc) is 2.74. The van der Waals surface area contributed by atoms with Gasteiger partial charge in [-0.15, -0.1) is 0 Å². The number of benzene rings is 2. The van der Waals surface area contributed by atoms with E-state index in [1.807, 2.05) is 49.4 Å². The lowest BCUT2D eigenvalue weighted by Crippen LogP contribution is -2.25. The molecule has 0 aliphatic rings. The fourth-order valence-electron chi connectivity index (χ4n) is 2.68. The Bertz CT molecular complexity index is 865. The molecule has 0 spiro atoms. The first-order valence-electron chi connectivity index (χ1n) is 9.38. The molecule has 0 aliphatic carbocycles. The summed E-state index contributed by atoms with van der Waals surface area (Å²) < 4.78 is 5.42. The number of nitrogens with one attached hydrogen (secondary N) is 2. The van der Waals surface area contributed by atoms with Crippen LogP contribution in [0.3, 0.4) is 0 Å². The normalized spacial score (nSPS) is 10.3. The Labute approximate surface area is 165 Å². The fraction of sp³-hybridized carbons (Fsp3) is 0.227. The van der Waals surface area contributed by atoms with Crippen LogP contribution in [-0.4, -0.2) is 29.0 Å². The van der Waals surface area contributed by atoms with Gasteiger partial charge < -0.3 is 15.4 Å². The van der Waals surface area contributed by atoms with Gasteiger partial charge in [-0.1, -0.05) is 30.3 Å². The second-order valence-electron chi connectivity index (χ2n) is 6.22. The maximum Gasteiger partial charge on any atom is 0.254 e. The van der Waals surface area contributed by atoms with Crippen LogP contribution in [0.1, 0.15) is 29.3 Å². The molecule has 1 heterocycles. The van der Waals surface area contributed by atoms with Crippen molar-refractivity contribution in [2.45, 2.75) is 19.8 Å². The van der Waals surface area contributed by atoms with E-state index in [1.54, 1.807) is 0 Å². The lowest BCUT2D eigenvalue weighted by atomic mass is 10.1. The lowest BCUT2D eigenvalue weighted by Gasteiger charge is -2.08. The van der Waals surface area contributed by atoms with Gasteiger partial charge in [0.2, 0.25) is 5.95 Å².